The molecule has 0 radical (unpaired) electrons. The molecule has 25 heavy (non-hydrogen) atoms. The zero-order chi connectivity index (χ0) is 17.8. The van der Waals surface area contributed by atoms with Crippen molar-refractivity contribution in [2.75, 3.05) is 5.32 Å². The summed E-state index contributed by atoms with van der Waals surface area (Å²) in [6, 6.07) is 10.3. The third-order valence-electron chi connectivity index (χ3n) is 3.34. The Balaban J connectivity index is 1.85. The minimum absolute atomic E-state index is 0.0482. The van der Waals surface area contributed by atoms with Gasteiger partial charge in [0.15, 0.2) is 0 Å². The molecule has 0 aliphatic rings. The fourth-order valence-electron chi connectivity index (χ4n) is 2.20. The molecule has 1 amide bonds. The maximum atomic E-state index is 12.0. The minimum Gasteiger partial charge on any atom is -0.478 e. The van der Waals surface area contributed by atoms with Gasteiger partial charge in [-0.05, 0) is 35.9 Å². The lowest BCUT2D eigenvalue weighted by Crippen LogP contribution is -2.10. The van der Waals surface area contributed by atoms with Gasteiger partial charge in [0, 0.05) is 22.0 Å². The van der Waals surface area contributed by atoms with Gasteiger partial charge < -0.3 is 14.8 Å². The Labute approximate surface area is 152 Å². The largest absolute Gasteiger partial charge is 0.478 e. The molecule has 0 atom stereocenters. The molecule has 3 rings (SSSR count). The molecule has 0 spiro atoms. The van der Waals surface area contributed by atoms with E-state index in [4.69, 9.17) is 16.0 Å². The van der Waals surface area contributed by atoms with Crippen molar-refractivity contribution < 1.29 is 19.1 Å². The lowest BCUT2D eigenvalue weighted by atomic mass is 10.0. The first kappa shape index (κ1) is 17.0. The molecule has 2 aromatic heterocycles. The van der Waals surface area contributed by atoms with Crippen LogP contribution in [0.3, 0.4) is 0 Å². The Morgan fingerprint density at radius 2 is 1.96 bits per heavy atom. The van der Waals surface area contributed by atoms with Crippen LogP contribution >= 0.6 is 22.9 Å². The lowest BCUT2D eigenvalue weighted by Gasteiger charge is -2.04. The van der Waals surface area contributed by atoms with Crippen LogP contribution in [-0.4, -0.2) is 17.0 Å². The van der Waals surface area contributed by atoms with Crippen molar-refractivity contribution in [3.05, 3.63) is 70.5 Å². The van der Waals surface area contributed by atoms with Gasteiger partial charge in [0.2, 0.25) is 5.91 Å². The number of rotatable bonds is 5. The summed E-state index contributed by atoms with van der Waals surface area (Å²) in [6.07, 6.45) is 4.29. The van der Waals surface area contributed by atoms with E-state index in [-0.39, 0.29) is 10.6 Å². The van der Waals surface area contributed by atoms with E-state index >= 15 is 0 Å². The first-order valence-corrected chi connectivity index (χ1v) is 8.43. The van der Waals surface area contributed by atoms with Gasteiger partial charge in [-0.25, -0.2) is 4.79 Å². The molecule has 0 saturated heterocycles. The Bertz CT molecular complexity index is 927. The minimum atomic E-state index is -1.11. The highest BCUT2D eigenvalue weighted by atomic mass is 35.5. The number of furan rings is 1. The van der Waals surface area contributed by atoms with Crippen LogP contribution in [-0.2, 0) is 4.79 Å². The summed E-state index contributed by atoms with van der Waals surface area (Å²) in [5, 5.41) is 14.7. The standard InChI is InChI=1S/C18H12ClNO4S/c19-12-5-3-11(4-6-12)14-10-25-17(16(14)18(22)23)20-15(21)8-7-13-2-1-9-24-13/h1-10H,(H,20,21)(H,22,23). The summed E-state index contributed by atoms with van der Waals surface area (Å²) >= 11 is 7.02. The molecule has 0 aliphatic carbocycles. The van der Waals surface area contributed by atoms with E-state index in [0.29, 0.717) is 21.9 Å². The van der Waals surface area contributed by atoms with E-state index in [9.17, 15) is 14.7 Å². The van der Waals surface area contributed by atoms with Crippen LogP contribution in [0.25, 0.3) is 17.2 Å². The highest BCUT2D eigenvalue weighted by Gasteiger charge is 2.20. The first-order valence-electron chi connectivity index (χ1n) is 7.18. The number of aromatic carboxylic acids is 1. The zero-order valence-corrected chi connectivity index (χ0v) is 14.3. The normalized spacial score (nSPS) is 10.9. The van der Waals surface area contributed by atoms with E-state index in [1.165, 1.54) is 18.4 Å². The zero-order valence-electron chi connectivity index (χ0n) is 12.7. The fraction of sp³-hybridized carbons (Fsp3) is 0. The number of thiophene rings is 1. The molecule has 2 heterocycles. The van der Waals surface area contributed by atoms with Gasteiger partial charge in [0.25, 0.3) is 0 Å². The van der Waals surface area contributed by atoms with Crippen LogP contribution in [0.2, 0.25) is 5.02 Å². The molecule has 126 valence electrons. The second-order valence-corrected chi connectivity index (χ2v) is 6.32. The number of carboxylic acid groups (broad SMARTS) is 1. The molecule has 2 N–H and O–H groups in total. The second kappa shape index (κ2) is 7.38. The van der Waals surface area contributed by atoms with Crippen LogP contribution in [0.5, 0.6) is 0 Å². The Morgan fingerprint density at radius 1 is 1.20 bits per heavy atom. The molecule has 0 unspecified atom stereocenters. The summed E-state index contributed by atoms with van der Waals surface area (Å²) in [5.74, 6) is -1.03. The average molecular weight is 374 g/mol. The predicted molar refractivity (Wildman–Crippen MR) is 98.1 cm³/mol. The summed E-state index contributed by atoms with van der Waals surface area (Å²) < 4.78 is 5.10. The number of benzene rings is 1. The number of halogens is 1. The number of carboxylic acids is 1. The summed E-state index contributed by atoms with van der Waals surface area (Å²) in [7, 11) is 0. The molecule has 0 fully saturated rings. The van der Waals surface area contributed by atoms with Crippen molar-refractivity contribution in [2.45, 2.75) is 0 Å². The van der Waals surface area contributed by atoms with Crippen LogP contribution in [0.15, 0.2) is 58.5 Å². The number of carbonyl (C=O) groups is 2. The molecule has 0 bridgehead atoms. The van der Waals surface area contributed by atoms with Crippen molar-refractivity contribution >= 4 is 45.9 Å². The average Bonchev–Trinajstić information content (AvgIpc) is 3.23. The first-order chi connectivity index (χ1) is 12.0. The van der Waals surface area contributed by atoms with Crippen LogP contribution < -0.4 is 5.32 Å². The number of hydrogen-bond acceptors (Lipinski definition) is 4. The van der Waals surface area contributed by atoms with E-state index in [1.54, 1.807) is 41.8 Å². The van der Waals surface area contributed by atoms with Crippen molar-refractivity contribution in [3.8, 4) is 11.1 Å². The van der Waals surface area contributed by atoms with Crippen molar-refractivity contribution in [1.29, 1.82) is 0 Å². The lowest BCUT2D eigenvalue weighted by molar-refractivity contribution is -0.111. The van der Waals surface area contributed by atoms with Gasteiger partial charge in [-0.2, -0.15) is 0 Å². The number of anilines is 1. The highest BCUT2D eigenvalue weighted by molar-refractivity contribution is 7.15. The van der Waals surface area contributed by atoms with Gasteiger partial charge in [0.1, 0.15) is 16.3 Å². The Morgan fingerprint density at radius 3 is 2.60 bits per heavy atom. The number of nitrogens with one attached hydrogen (secondary N) is 1. The van der Waals surface area contributed by atoms with Crippen LogP contribution in [0.1, 0.15) is 16.1 Å². The number of hydrogen-bond donors (Lipinski definition) is 2. The van der Waals surface area contributed by atoms with E-state index in [0.717, 1.165) is 11.3 Å². The number of carbonyl (C=O) groups excluding carboxylic acids is 1. The van der Waals surface area contributed by atoms with Crippen LogP contribution in [0.4, 0.5) is 5.00 Å². The van der Waals surface area contributed by atoms with Crippen LogP contribution in [0, 0.1) is 0 Å². The van der Waals surface area contributed by atoms with Gasteiger partial charge in [-0.15, -0.1) is 11.3 Å². The highest BCUT2D eigenvalue weighted by Crippen LogP contribution is 2.36. The van der Waals surface area contributed by atoms with Crippen molar-refractivity contribution in [2.24, 2.45) is 0 Å². The Hall–Kier alpha value is -2.83. The van der Waals surface area contributed by atoms with E-state index < -0.39 is 11.9 Å². The molecule has 7 heteroatoms. The quantitative estimate of drug-likeness (QED) is 0.616. The summed E-state index contributed by atoms with van der Waals surface area (Å²) in [6.45, 7) is 0. The number of amides is 1. The van der Waals surface area contributed by atoms with Gasteiger partial charge in [0.05, 0.1) is 6.26 Å². The topological polar surface area (TPSA) is 79.5 Å². The molecule has 0 saturated carbocycles. The molecular weight excluding hydrogens is 362 g/mol. The third-order valence-corrected chi connectivity index (χ3v) is 4.49. The summed E-state index contributed by atoms with van der Waals surface area (Å²) in [5.41, 5.74) is 1.29. The molecular formula is C18H12ClNO4S. The van der Waals surface area contributed by atoms with Gasteiger partial charge in [-0.3, -0.25) is 4.79 Å². The second-order valence-electron chi connectivity index (χ2n) is 5.00. The van der Waals surface area contributed by atoms with Crippen molar-refractivity contribution in [3.63, 3.8) is 0 Å². The van der Waals surface area contributed by atoms with Crippen molar-refractivity contribution in [1.82, 2.24) is 0 Å². The smallest absolute Gasteiger partial charge is 0.339 e. The third kappa shape index (κ3) is 3.99. The maximum absolute atomic E-state index is 12.0. The molecule has 5 nitrogen and oxygen atoms in total. The molecule has 0 aliphatic heterocycles. The maximum Gasteiger partial charge on any atom is 0.339 e. The fourth-order valence-corrected chi connectivity index (χ4v) is 3.29. The summed E-state index contributed by atoms with van der Waals surface area (Å²) in [4.78, 5) is 23.7. The van der Waals surface area contributed by atoms with E-state index in [1.807, 2.05) is 0 Å². The molecule has 3 aromatic rings. The van der Waals surface area contributed by atoms with Gasteiger partial charge in [-0.1, -0.05) is 23.7 Å². The predicted octanol–water partition coefficient (Wildman–Crippen LogP) is 5.01. The SMILES string of the molecule is O=C(C=Cc1ccco1)Nc1scc(-c2ccc(Cl)cc2)c1C(=O)O. The monoisotopic (exact) mass is 373 g/mol. The Kier molecular flexibility index (Phi) is 5.02. The van der Waals surface area contributed by atoms with E-state index in [2.05, 4.69) is 5.32 Å². The van der Waals surface area contributed by atoms with Gasteiger partial charge >= 0.3 is 5.97 Å². The molecule has 1 aromatic carbocycles.